The quantitative estimate of drug-likeness (QED) is 0.284. The van der Waals surface area contributed by atoms with Crippen LogP contribution >= 0.6 is 0 Å². The molecule has 0 aliphatic heterocycles. The molecule has 0 aromatic heterocycles. The first-order chi connectivity index (χ1) is 4.95. The van der Waals surface area contributed by atoms with E-state index in [2.05, 4.69) is 4.74 Å². The van der Waals surface area contributed by atoms with Gasteiger partial charge >= 0.3 is 5.97 Å². The molecular weight excluding hydrogens is 163 g/mol. The van der Waals surface area contributed by atoms with Crippen molar-refractivity contribution in [1.82, 2.24) is 0 Å². The zero-order chi connectivity index (χ0) is 8.91. The van der Waals surface area contributed by atoms with E-state index in [1.807, 2.05) is 0 Å². The number of ether oxygens (including phenoxy) is 1. The van der Waals surface area contributed by atoms with E-state index in [0.29, 0.717) is 6.61 Å². The Morgan fingerprint density at radius 1 is 1.64 bits per heavy atom. The van der Waals surface area contributed by atoms with Crippen molar-refractivity contribution in [2.75, 3.05) is 6.61 Å². The van der Waals surface area contributed by atoms with Crippen LogP contribution in [-0.2, 0) is 9.53 Å². The van der Waals surface area contributed by atoms with Crippen molar-refractivity contribution in [3.05, 3.63) is 11.8 Å². The largest absolute Gasteiger partial charge is 0.463 e. The van der Waals surface area contributed by atoms with Gasteiger partial charge in [0, 0.05) is 6.08 Å². The third-order valence-electron chi connectivity index (χ3n) is 0.902. The lowest BCUT2D eigenvalue weighted by atomic mass is 10.6. The number of hydrogen-bond donors (Lipinski definition) is 0. The third kappa shape index (κ3) is 7.25. The van der Waals surface area contributed by atoms with Crippen LogP contribution in [0.2, 0.25) is 13.1 Å². The Kier molecular flexibility index (Phi) is 4.03. The average Bonchev–Trinajstić information content (AvgIpc) is 1.83. The Balaban J connectivity index is 3.83. The van der Waals surface area contributed by atoms with Gasteiger partial charge in [-0.25, -0.2) is 4.79 Å². The van der Waals surface area contributed by atoms with Crippen molar-refractivity contribution >= 4 is 14.4 Å². The molecule has 0 saturated heterocycles. The lowest BCUT2D eigenvalue weighted by molar-refractivity contribution is -0.137. The van der Waals surface area contributed by atoms with Crippen LogP contribution in [0, 0.1) is 0 Å². The molecular formula is C7H13FO2Si. The Morgan fingerprint density at radius 2 is 2.18 bits per heavy atom. The van der Waals surface area contributed by atoms with Crippen LogP contribution in [-0.4, -0.2) is 21.0 Å². The monoisotopic (exact) mass is 176 g/mol. The van der Waals surface area contributed by atoms with Gasteiger partial charge < -0.3 is 8.84 Å². The molecule has 0 rings (SSSR count). The van der Waals surface area contributed by atoms with Crippen LogP contribution in [0.5, 0.6) is 0 Å². The summed E-state index contributed by atoms with van der Waals surface area (Å²) in [6.07, 6.45) is 1.16. The smallest absolute Gasteiger partial charge is 0.330 e. The second-order valence-corrected chi connectivity index (χ2v) is 6.11. The van der Waals surface area contributed by atoms with Gasteiger partial charge in [0.05, 0.1) is 6.61 Å². The van der Waals surface area contributed by atoms with E-state index in [4.69, 9.17) is 0 Å². The maximum Gasteiger partial charge on any atom is 0.330 e. The molecule has 0 aromatic rings. The van der Waals surface area contributed by atoms with Crippen LogP contribution in [0.4, 0.5) is 4.11 Å². The standard InChI is InChI=1S/C7H13FO2Si/c1-4-10-7(9)5-6-11(2,3)8/h5-6H,4H2,1-3H3. The van der Waals surface area contributed by atoms with Crippen LogP contribution in [0.15, 0.2) is 11.8 Å². The molecule has 0 aliphatic rings. The fraction of sp³-hybridized carbons (Fsp3) is 0.571. The molecule has 0 saturated carbocycles. The molecule has 11 heavy (non-hydrogen) atoms. The summed E-state index contributed by atoms with van der Waals surface area (Å²) < 4.78 is 17.4. The summed E-state index contributed by atoms with van der Waals surface area (Å²) in [4.78, 5) is 10.6. The van der Waals surface area contributed by atoms with E-state index in [0.717, 1.165) is 6.08 Å². The summed E-state index contributed by atoms with van der Waals surface area (Å²) in [5, 5.41) is 0. The maximum absolute atomic E-state index is 12.8. The van der Waals surface area contributed by atoms with Gasteiger partial charge in [0.1, 0.15) is 0 Å². The molecule has 0 aliphatic carbocycles. The zero-order valence-electron chi connectivity index (χ0n) is 7.06. The van der Waals surface area contributed by atoms with Crippen LogP contribution in [0.25, 0.3) is 0 Å². The van der Waals surface area contributed by atoms with Gasteiger partial charge in [-0.2, -0.15) is 0 Å². The number of esters is 1. The topological polar surface area (TPSA) is 26.3 Å². The first-order valence-electron chi connectivity index (χ1n) is 3.50. The van der Waals surface area contributed by atoms with Gasteiger partial charge in [-0.3, -0.25) is 0 Å². The number of halogens is 1. The minimum absolute atomic E-state index is 0.331. The fourth-order valence-corrected chi connectivity index (χ4v) is 0.989. The van der Waals surface area contributed by atoms with Crippen molar-refractivity contribution in [3.63, 3.8) is 0 Å². The predicted molar refractivity (Wildman–Crippen MR) is 44.4 cm³/mol. The molecule has 0 fully saturated rings. The van der Waals surface area contributed by atoms with Crippen molar-refractivity contribution in [2.45, 2.75) is 20.0 Å². The van der Waals surface area contributed by atoms with Crippen LogP contribution in [0.1, 0.15) is 6.92 Å². The van der Waals surface area contributed by atoms with E-state index in [9.17, 15) is 8.90 Å². The Hall–Kier alpha value is -0.643. The minimum Gasteiger partial charge on any atom is -0.463 e. The summed E-state index contributed by atoms with van der Waals surface area (Å²) in [7, 11) is -2.73. The van der Waals surface area contributed by atoms with Crippen molar-refractivity contribution in [3.8, 4) is 0 Å². The average molecular weight is 176 g/mol. The van der Waals surface area contributed by atoms with E-state index in [1.54, 1.807) is 6.92 Å². The molecule has 2 nitrogen and oxygen atoms in total. The number of hydrogen-bond acceptors (Lipinski definition) is 2. The highest BCUT2D eigenvalue weighted by Gasteiger charge is 2.15. The van der Waals surface area contributed by atoms with Crippen LogP contribution in [0.3, 0.4) is 0 Å². The molecule has 0 amide bonds. The second kappa shape index (κ2) is 4.28. The number of carbonyl (C=O) groups is 1. The summed E-state index contributed by atoms with van der Waals surface area (Å²) >= 11 is 0. The molecule has 0 heterocycles. The molecule has 64 valence electrons. The fourth-order valence-electron chi connectivity index (χ4n) is 0.457. The molecule has 0 N–H and O–H groups in total. The highest BCUT2D eigenvalue weighted by atomic mass is 28.4. The molecule has 0 atom stereocenters. The van der Waals surface area contributed by atoms with Gasteiger partial charge in [0.2, 0.25) is 0 Å². The Bertz CT molecular complexity index is 160. The van der Waals surface area contributed by atoms with Gasteiger partial charge in [0.25, 0.3) is 8.41 Å². The second-order valence-electron chi connectivity index (χ2n) is 2.65. The summed E-state index contributed by atoms with van der Waals surface area (Å²) in [5.41, 5.74) is 1.31. The third-order valence-corrected chi connectivity index (χ3v) is 1.86. The van der Waals surface area contributed by atoms with Gasteiger partial charge in [-0.05, 0) is 20.0 Å². The molecule has 0 radical (unpaired) electrons. The van der Waals surface area contributed by atoms with Crippen molar-refractivity contribution < 1.29 is 13.6 Å². The zero-order valence-corrected chi connectivity index (χ0v) is 8.06. The summed E-state index contributed by atoms with van der Waals surface area (Å²) in [6.45, 7) is 5.05. The predicted octanol–water partition coefficient (Wildman–Crippen LogP) is 1.82. The number of rotatable bonds is 3. The lowest BCUT2D eigenvalue weighted by Gasteiger charge is -2.01. The summed E-state index contributed by atoms with van der Waals surface area (Å²) in [5.74, 6) is -0.467. The lowest BCUT2D eigenvalue weighted by Crippen LogP contribution is -2.15. The molecule has 0 unspecified atom stereocenters. The van der Waals surface area contributed by atoms with Gasteiger partial charge in [-0.1, -0.05) is 5.70 Å². The summed E-state index contributed by atoms with van der Waals surface area (Å²) in [6, 6.07) is 0. The van der Waals surface area contributed by atoms with Crippen molar-refractivity contribution in [2.24, 2.45) is 0 Å². The normalized spacial score (nSPS) is 12.0. The highest BCUT2D eigenvalue weighted by Crippen LogP contribution is 2.04. The maximum atomic E-state index is 12.8. The number of carbonyl (C=O) groups excluding carboxylic acids is 1. The van der Waals surface area contributed by atoms with Crippen molar-refractivity contribution in [1.29, 1.82) is 0 Å². The molecule has 4 heteroatoms. The van der Waals surface area contributed by atoms with Crippen LogP contribution < -0.4 is 0 Å². The minimum atomic E-state index is -2.73. The molecule has 0 aromatic carbocycles. The van der Waals surface area contributed by atoms with Gasteiger partial charge in [-0.15, -0.1) is 0 Å². The van der Waals surface area contributed by atoms with E-state index in [1.165, 1.54) is 18.8 Å². The first-order valence-corrected chi connectivity index (χ1v) is 6.46. The molecule has 0 bridgehead atoms. The van der Waals surface area contributed by atoms with E-state index < -0.39 is 14.4 Å². The first kappa shape index (κ1) is 10.4. The van der Waals surface area contributed by atoms with Gasteiger partial charge in [0.15, 0.2) is 0 Å². The van der Waals surface area contributed by atoms with E-state index >= 15 is 0 Å². The Labute approximate surface area is 67.2 Å². The highest BCUT2D eigenvalue weighted by molar-refractivity contribution is 6.75. The SMILES string of the molecule is CCOC(=O)C=C[Si](C)(C)F. The van der Waals surface area contributed by atoms with E-state index in [-0.39, 0.29) is 0 Å². The Morgan fingerprint density at radius 3 is 2.55 bits per heavy atom. The molecule has 0 spiro atoms.